The van der Waals surface area contributed by atoms with Crippen LogP contribution in [0.2, 0.25) is 0 Å². The van der Waals surface area contributed by atoms with Gasteiger partial charge in [-0.1, -0.05) is 6.92 Å². The van der Waals surface area contributed by atoms with Gasteiger partial charge in [0, 0.05) is 6.54 Å². The Morgan fingerprint density at radius 3 is 2.75 bits per heavy atom. The highest BCUT2D eigenvalue weighted by Crippen LogP contribution is 2.20. The first-order valence-electron chi connectivity index (χ1n) is 7.89. The minimum Gasteiger partial charge on any atom is -0.332 e. The minimum absolute atomic E-state index is 0.115. The Hall–Kier alpha value is -2.71. The molecule has 0 aromatic carbocycles. The van der Waals surface area contributed by atoms with Crippen LogP contribution < -0.4 is 10.9 Å². The van der Waals surface area contributed by atoms with Gasteiger partial charge in [0.1, 0.15) is 11.9 Å². The van der Waals surface area contributed by atoms with Gasteiger partial charge in [-0.3, -0.25) is 19.3 Å². The van der Waals surface area contributed by atoms with Gasteiger partial charge in [-0.25, -0.2) is 9.78 Å². The maximum absolute atomic E-state index is 12.4. The summed E-state index contributed by atoms with van der Waals surface area (Å²) in [4.78, 5) is 57.8. The highest BCUT2D eigenvalue weighted by molar-refractivity contribution is 6.05. The van der Waals surface area contributed by atoms with E-state index in [1.54, 1.807) is 6.92 Å². The molecule has 128 valence electrons. The summed E-state index contributed by atoms with van der Waals surface area (Å²) < 4.78 is 0. The first kappa shape index (κ1) is 16.2. The van der Waals surface area contributed by atoms with Gasteiger partial charge in [-0.15, -0.1) is 0 Å². The van der Waals surface area contributed by atoms with E-state index in [0.29, 0.717) is 30.0 Å². The predicted octanol–water partition coefficient (Wildman–Crippen LogP) is -0.359. The Balaban J connectivity index is 1.67. The van der Waals surface area contributed by atoms with Crippen molar-refractivity contribution in [1.82, 2.24) is 25.1 Å². The van der Waals surface area contributed by atoms with Crippen molar-refractivity contribution in [2.75, 3.05) is 6.54 Å². The maximum Gasteiger partial charge on any atom is 0.324 e. The van der Waals surface area contributed by atoms with Crippen LogP contribution in [-0.2, 0) is 22.7 Å². The van der Waals surface area contributed by atoms with Gasteiger partial charge in [0.2, 0.25) is 5.91 Å². The zero-order valence-electron chi connectivity index (χ0n) is 13.6. The van der Waals surface area contributed by atoms with E-state index >= 15 is 0 Å². The third-order valence-electron chi connectivity index (χ3n) is 4.19. The predicted molar refractivity (Wildman–Crippen MR) is 82.8 cm³/mol. The number of imide groups is 1. The Morgan fingerprint density at radius 1 is 1.29 bits per heavy atom. The van der Waals surface area contributed by atoms with Crippen molar-refractivity contribution in [3.8, 4) is 0 Å². The van der Waals surface area contributed by atoms with Crippen LogP contribution >= 0.6 is 0 Å². The fraction of sp³-hybridized carbons (Fsp3) is 0.533. The number of nitrogens with zero attached hydrogens (tertiary/aromatic N) is 3. The zero-order valence-corrected chi connectivity index (χ0v) is 13.6. The number of aryl methyl sites for hydroxylation is 1. The molecule has 4 amide bonds. The van der Waals surface area contributed by atoms with Crippen molar-refractivity contribution in [2.24, 2.45) is 0 Å². The number of nitrogens with one attached hydrogen (secondary N) is 2. The summed E-state index contributed by atoms with van der Waals surface area (Å²) in [5.41, 5.74) is 0.814. The molecule has 1 fully saturated rings. The summed E-state index contributed by atoms with van der Waals surface area (Å²) in [6.07, 6.45) is 0.546. The van der Waals surface area contributed by atoms with Gasteiger partial charge in [-0.2, -0.15) is 0 Å². The molecule has 3 heterocycles. The van der Waals surface area contributed by atoms with E-state index in [4.69, 9.17) is 0 Å². The summed E-state index contributed by atoms with van der Waals surface area (Å²) in [5, 5.41) is 2.54. The van der Waals surface area contributed by atoms with Crippen molar-refractivity contribution in [2.45, 2.75) is 45.8 Å². The fourth-order valence-electron chi connectivity index (χ4n) is 3.02. The summed E-state index contributed by atoms with van der Waals surface area (Å²) >= 11 is 0. The summed E-state index contributed by atoms with van der Waals surface area (Å²) in [7, 11) is 0. The molecule has 2 aliphatic rings. The lowest BCUT2D eigenvalue weighted by Gasteiger charge is -2.17. The molecule has 2 N–H and O–H groups in total. The molecule has 2 aliphatic heterocycles. The first-order valence-corrected chi connectivity index (χ1v) is 7.89. The Bertz CT molecular complexity index is 772. The smallest absolute Gasteiger partial charge is 0.324 e. The topological polar surface area (TPSA) is 115 Å². The number of carbonyl (C=O) groups excluding carboxylic acids is 3. The molecule has 3 rings (SSSR count). The quantitative estimate of drug-likeness (QED) is 0.730. The van der Waals surface area contributed by atoms with Crippen molar-refractivity contribution < 1.29 is 14.4 Å². The van der Waals surface area contributed by atoms with Crippen LogP contribution in [0.3, 0.4) is 0 Å². The van der Waals surface area contributed by atoms with Crippen LogP contribution in [0.15, 0.2) is 4.79 Å². The number of hydrogen-bond acceptors (Lipinski definition) is 5. The number of fused-ring (bicyclic) bond motifs is 1. The van der Waals surface area contributed by atoms with E-state index in [9.17, 15) is 19.2 Å². The maximum atomic E-state index is 12.4. The Kier molecular flexibility index (Phi) is 4.08. The average molecular weight is 333 g/mol. The highest BCUT2D eigenvalue weighted by Gasteiger charge is 2.40. The molecule has 0 bridgehead atoms. The van der Waals surface area contributed by atoms with Crippen molar-refractivity contribution in [3.63, 3.8) is 0 Å². The molecule has 0 radical (unpaired) electrons. The van der Waals surface area contributed by atoms with Crippen molar-refractivity contribution >= 4 is 17.8 Å². The molecule has 24 heavy (non-hydrogen) atoms. The lowest BCUT2D eigenvalue weighted by molar-refractivity contribution is -0.136. The molecule has 1 atom stereocenters. The third-order valence-corrected chi connectivity index (χ3v) is 4.19. The van der Waals surface area contributed by atoms with E-state index in [2.05, 4.69) is 15.3 Å². The molecule has 0 saturated carbocycles. The van der Waals surface area contributed by atoms with Crippen molar-refractivity contribution in [3.05, 3.63) is 27.4 Å². The second-order valence-electron chi connectivity index (χ2n) is 6.02. The summed E-state index contributed by atoms with van der Waals surface area (Å²) in [5.74, 6) is -0.165. The van der Waals surface area contributed by atoms with E-state index in [0.717, 1.165) is 4.90 Å². The largest absolute Gasteiger partial charge is 0.332 e. The molecule has 1 aromatic rings. The lowest BCUT2D eigenvalue weighted by atomic mass is 10.2. The Morgan fingerprint density at radius 2 is 2.04 bits per heavy atom. The van der Waals surface area contributed by atoms with Crippen LogP contribution in [0.5, 0.6) is 0 Å². The van der Waals surface area contributed by atoms with Crippen LogP contribution in [0.25, 0.3) is 0 Å². The van der Waals surface area contributed by atoms with E-state index in [-0.39, 0.29) is 36.9 Å². The zero-order chi connectivity index (χ0) is 17.4. The third kappa shape index (κ3) is 2.77. The SMILES string of the molecule is CCCN1C(=O)N[C@@H](CC(=O)N2Cc3nc(C)[nH]c(=O)c3C2)C1=O. The van der Waals surface area contributed by atoms with Crippen LogP contribution in [-0.4, -0.2) is 50.2 Å². The average Bonchev–Trinajstić information content (AvgIpc) is 3.05. The van der Waals surface area contributed by atoms with E-state index in [1.807, 2.05) is 6.92 Å². The molecule has 0 aliphatic carbocycles. The second-order valence-corrected chi connectivity index (χ2v) is 6.02. The standard InChI is InChI=1S/C15H19N5O4/c1-3-4-20-14(23)10(18-15(20)24)5-12(21)19-6-9-11(7-19)16-8(2)17-13(9)22/h10H,3-7H2,1-2H3,(H,18,24)(H,16,17,22)/t10-/m0/s1. The molecule has 0 unspecified atom stereocenters. The number of aromatic amines is 1. The number of carbonyl (C=O) groups is 3. The van der Waals surface area contributed by atoms with Gasteiger partial charge in [0.25, 0.3) is 11.5 Å². The number of rotatable bonds is 4. The summed E-state index contributed by atoms with van der Waals surface area (Å²) in [6, 6.07) is -1.30. The van der Waals surface area contributed by atoms with Gasteiger partial charge in [-0.05, 0) is 13.3 Å². The second kappa shape index (κ2) is 6.06. The van der Waals surface area contributed by atoms with E-state index in [1.165, 1.54) is 4.90 Å². The highest BCUT2D eigenvalue weighted by atomic mass is 16.2. The van der Waals surface area contributed by atoms with Gasteiger partial charge in [0.05, 0.1) is 30.8 Å². The van der Waals surface area contributed by atoms with Gasteiger partial charge in [0.15, 0.2) is 0 Å². The summed E-state index contributed by atoms with van der Waals surface area (Å²) in [6.45, 7) is 4.30. The number of aromatic nitrogens is 2. The number of hydrogen-bond donors (Lipinski definition) is 2. The first-order chi connectivity index (χ1) is 11.4. The molecule has 1 aromatic heterocycles. The van der Waals surface area contributed by atoms with Gasteiger partial charge < -0.3 is 15.2 Å². The fourth-order valence-corrected chi connectivity index (χ4v) is 3.02. The van der Waals surface area contributed by atoms with Crippen LogP contribution in [0, 0.1) is 6.92 Å². The monoisotopic (exact) mass is 333 g/mol. The molecular formula is C15H19N5O4. The molecule has 1 saturated heterocycles. The van der Waals surface area contributed by atoms with Crippen LogP contribution in [0.4, 0.5) is 4.79 Å². The minimum atomic E-state index is -0.840. The molecule has 9 nitrogen and oxygen atoms in total. The van der Waals surface area contributed by atoms with E-state index < -0.39 is 12.1 Å². The molecule has 0 spiro atoms. The van der Waals surface area contributed by atoms with Crippen molar-refractivity contribution in [1.29, 1.82) is 0 Å². The number of H-pyrrole nitrogens is 1. The molecular weight excluding hydrogens is 314 g/mol. The Labute approximate surface area is 138 Å². The van der Waals surface area contributed by atoms with Gasteiger partial charge >= 0.3 is 6.03 Å². The number of urea groups is 1. The normalized spacial score (nSPS) is 19.7. The molecule has 9 heteroatoms. The lowest BCUT2D eigenvalue weighted by Crippen LogP contribution is -2.37. The number of amides is 4. The van der Waals surface area contributed by atoms with Crippen LogP contribution in [0.1, 0.15) is 36.8 Å².